The van der Waals surface area contributed by atoms with E-state index in [1.165, 1.54) is 0 Å². The first-order chi connectivity index (χ1) is 12.1. The molecular weight excluding hydrogens is 320 g/mol. The molecule has 0 aromatic rings. The molecule has 0 aromatic heterocycles. The number of rotatable bonds is 7. The quantitative estimate of drug-likeness (QED) is 0.404. The summed E-state index contributed by atoms with van der Waals surface area (Å²) in [6.45, 7) is 10.1. The molecule has 8 heteroatoms. The summed E-state index contributed by atoms with van der Waals surface area (Å²) < 4.78 is 5.39. The van der Waals surface area contributed by atoms with Crippen molar-refractivity contribution >= 4 is 11.9 Å². The zero-order valence-corrected chi connectivity index (χ0v) is 15.7. The smallest absolute Gasteiger partial charge is 0.231 e. The molecule has 2 aliphatic rings. The molecule has 1 unspecified atom stereocenters. The van der Waals surface area contributed by atoms with Crippen molar-refractivity contribution in [3.63, 3.8) is 0 Å². The van der Waals surface area contributed by atoms with E-state index in [-0.39, 0.29) is 5.91 Å². The Kier molecular flexibility index (Phi) is 8.43. The minimum atomic E-state index is -0.252. The van der Waals surface area contributed by atoms with Crippen molar-refractivity contribution in [2.24, 2.45) is 16.6 Å². The molecule has 0 aliphatic carbocycles. The normalized spacial score (nSPS) is 22.6. The molecule has 2 aliphatic heterocycles. The van der Waals surface area contributed by atoms with E-state index in [4.69, 9.17) is 10.5 Å². The number of likely N-dealkylation sites (tertiary alicyclic amines) is 1. The van der Waals surface area contributed by atoms with Crippen LogP contribution in [0.2, 0.25) is 0 Å². The van der Waals surface area contributed by atoms with Gasteiger partial charge in [0, 0.05) is 52.4 Å². The number of primary amides is 1. The van der Waals surface area contributed by atoms with Crippen LogP contribution >= 0.6 is 0 Å². The molecule has 1 atom stereocenters. The third-order valence-corrected chi connectivity index (χ3v) is 4.82. The van der Waals surface area contributed by atoms with E-state index < -0.39 is 0 Å². The number of guanidine groups is 1. The van der Waals surface area contributed by atoms with E-state index in [0.29, 0.717) is 18.5 Å². The maximum atomic E-state index is 11.0. The number of nitrogens with one attached hydrogen (secondary N) is 2. The van der Waals surface area contributed by atoms with Gasteiger partial charge in [0.2, 0.25) is 5.91 Å². The number of hydrogen-bond acceptors (Lipinski definition) is 5. The van der Waals surface area contributed by atoms with Gasteiger partial charge in [-0.25, -0.2) is 0 Å². The monoisotopic (exact) mass is 354 g/mol. The fourth-order valence-corrected chi connectivity index (χ4v) is 3.40. The largest absolute Gasteiger partial charge is 0.379 e. The van der Waals surface area contributed by atoms with Gasteiger partial charge in [0.15, 0.2) is 5.96 Å². The maximum absolute atomic E-state index is 11.0. The maximum Gasteiger partial charge on any atom is 0.231 e. The Morgan fingerprint density at radius 1 is 1.24 bits per heavy atom. The van der Waals surface area contributed by atoms with Gasteiger partial charge in [-0.15, -0.1) is 0 Å². The Hall–Kier alpha value is -1.38. The molecule has 2 rings (SSSR count). The highest BCUT2D eigenvalue weighted by Gasteiger charge is 2.21. The lowest BCUT2D eigenvalue weighted by Gasteiger charge is -2.32. The number of amides is 1. The summed E-state index contributed by atoms with van der Waals surface area (Å²) in [5, 5.41) is 6.94. The highest BCUT2D eigenvalue weighted by atomic mass is 16.5. The molecule has 8 nitrogen and oxygen atoms in total. The van der Waals surface area contributed by atoms with Crippen LogP contribution in [0.3, 0.4) is 0 Å². The Balaban J connectivity index is 1.64. The summed E-state index contributed by atoms with van der Waals surface area (Å²) in [5.74, 6) is 1.16. The van der Waals surface area contributed by atoms with Crippen LogP contribution in [0.1, 0.15) is 19.8 Å². The van der Waals surface area contributed by atoms with E-state index in [1.54, 1.807) is 0 Å². The number of morpholine rings is 1. The van der Waals surface area contributed by atoms with E-state index in [2.05, 4.69) is 32.3 Å². The molecule has 0 radical (unpaired) electrons. The number of piperidine rings is 1. The second-order valence-electron chi connectivity index (χ2n) is 7.13. The summed E-state index contributed by atoms with van der Waals surface area (Å²) in [7, 11) is 1.81. The molecule has 4 N–H and O–H groups in total. The number of ether oxygens (including phenoxy) is 1. The Labute approximate surface area is 151 Å². The van der Waals surface area contributed by atoms with Crippen molar-refractivity contribution in [1.82, 2.24) is 20.4 Å². The molecule has 0 bridgehead atoms. The first kappa shape index (κ1) is 19.9. The van der Waals surface area contributed by atoms with Gasteiger partial charge in [0.05, 0.1) is 19.8 Å². The van der Waals surface area contributed by atoms with Crippen LogP contribution in [-0.4, -0.2) is 93.8 Å². The van der Waals surface area contributed by atoms with Crippen molar-refractivity contribution in [2.75, 3.05) is 66.1 Å². The summed E-state index contributed by atoms with van der Waals surface area (Å²) in [6, 6.07) is 0.393. The molecule has 2 fully saturated rings. The first-order valence-corrected chi connectivity index (χ1v) is 9.34. The van der Waals surface area contributed by atoms with E-state index in [0.717, 1.165) is 71.3 Å². The minimum absolute atomic E-state index is 0.252. The lowest BCUT2D eigenvalue weighted by atomic mass is 10.1. The van der Waals surface area contributed by atoms with Gasteiger partial charge in [-0.3, -0.25) is 19.6 Å². The fourth-order valence-electron chi connectivity index (χ4n) is 3.40. The molecule has 25 heavy (non-hydrogen) atoms. The molecule has 0 aromatic carbocycles. The second-order valence-corrected chi connectivity index (χ2v) is 7.13. The lowest BCUT2D eigenvalue weighted by Crippen LogP contribution is -2.50. The SMILES string of the molecule is CN=C(NCC(C)CN1CCOCC1)NC1CCN(CC(N)=O)CC1. The molecule has 1 amide bonds. The molecule has 2 heterocycles. The average Bonchev–Trinajstić information content (AvgIpc) is 2.60. The van der Waals surface area contributed by atoms with Crippen LogP contribution in [-0.2, 0) is 9.53 Å². The van der Waals surface area contributed by atoms with Crippen molar-refractivity contribution in [3.05, 3.63) is 0 Å². The number of nitrogens with zero attached hydrogens (tertiary/aromatic N) is 3. The minimum Gasteiger partial charge on any atom is -0.379 e. The van der Waals surface area contributed by atoms with Crippen molar-refractivity contribution in [3.8, 4) is 0 Å². The molecule has 0 spiro atoms. The van der Waals surface area contributed by atoms with Gasteiger partial charge in [-0.2, -0.15) is 0 Å². The third-order valence-electron chi connectivity index (χ3n) is 4.82. The van der Waals surface area contributed by atoms with Crippen LogP contribution < -0.4 is 16.4 Å². The zero-order chi connectivity index (χ0) is 18.1. The number of nitrogens with two attached hydrogens (primary N) is 1. The standard InChI is InChI=1S/C17H34N6O2/c1-14(12-23-7-9-25-10-8-23)11-20-17(19-2)21-15-3-5-22(6-4-15)13-16(18)24/h14-15H,3-13H2,1-2H3,(H2,18,24)(H2,19,20,21). The van der Waals surface area contributed by atoms with E-state index in [9.17, 15) is 4.79 Å². The summed E-state index contributed by atoms with van der Waals surface area (Å²) in [5.41, 5.74) is 5.26. The van der Waals surface area contributed by atoms with E-state index >= 15 is 0 Å². The Bertz CT molecular complexity index is 431. The Morgan fingerprint density at radius 3 is 2.52 bits per heavy atom. The van der Waals surface area contributed by atoms with Gasteiger partial charge in [-0.05, 0) is 18.8 Å². The molecule has 144 valence electrons. The number of aliphatic imine (C=N–C) groups is 1. The number of carbonyl (C=O) groups is 1. The fraction of sp³-hybridized carbons (Fsp3) is 0.882. The highest BCUT2D eigenvalue weighted by Crippen LogP contribution is 2.09. The number of carbonyl (C=O) groups excluding carboxylic acids is 1. The topological polar surface area (TPSA) is 95.2 Å². The third kappa shape index (κ3) is 7.58. The van der Waals surface area contributed by atoms with Crippen LogP contribution in [0, 0.1) is 5.92 Å². The first-order valence-electron chi connectivity index (χ1n) is 9.34. The average molecular weight is 354 g/mol. The zero-order valence-electron chi connectivity index (χ0n) is 15.7. The van der Waals surface area contributed by atoms with Gasteiger partial charge in [0.1, 0.15) is 0 Å². The lowest BCUT2D eigenvalue weighted by molar-refractivity contribution is -0.119. The van der Waals surface area contributed by atoms with Gasteiger partial charge in [0.25, 0.3) is 0 Å². The van der Waals surface area contributed by atoms with Gasteiger partial charge >= 0.3 is 0 Å². The highest BCUT2D eigenvalue weighted by molar-refractivity contribution is 5.80. The summed E-state index contributed by atoms with van der Waals surface area (Å²) >= 11 is 0. The molecular formula is C17H34N6O2. The molecule has 0 saturated carbocycles. The van der Waals surface area contributed by atoms with Gasteiger partial charge < -0.3 is 21.1 Å². The van der Waals surface area contributed by atoms with E-state index in [1.807, 2.05) is 7.05 Å². The van der Waals surface area contributed by atoms with Crippen molar-refractivity contribution in [1.29, 1.82) is 0 Å². The van der Waals surface area contributed by atoms with Gasteiger partial charge in [-0.1, -0.05) is 6.92 Å². The number of hydrogen-bond donors (Lipinski definition) is 3. The summed E-state index contributed by atoms with van der Waals surface area (Å²) in [4.78, 5) is 19.9. The molecule has 2 saturated heterocycles. The van der Waals surface area contributed by atoms with Crippen LogP contribution in [0.4, 0.5) is 0 Å². The second kappa shape index (κ2) is 10.6. The van der Waals surface area contributed by atoms with Crippen molar-refractivity contribution in [2.45, 2.75) is 25.8 Å². The van der Waals surface area contributed by atoms with Crippen molar-refractivity contribution < 1.29 is 9.53 Å². The predicted octanol–water partition coefficient (Wildman–Crippen LogP) is -0.931. The van der Waals surface area contributed by atoms with Crippen LogP contribution in [0.5, 0.6) is 0 Å². The predicted molar refractivity (Wildman–Crippen MR) is 99.6 cm³/mol. The summed E-state index contributed by atoms with van der Waals surface area (Å²) in [6.07, 6.45) is 1.99. The van der Waals surface area contributed by atoms with Crippen LogP contribution in [0.25, 0.3) is 0 Å². The van der Waals surface area contributed by atoms with Crippen LogP contribution in [0.15, 0.2) is 4.99 Å². The Morgan fingerprint density at radius 2 is 1.92 bits per heavy atom.